The molecule has 106 valence electrons. The minimum absolute atomic E-state index is 0.342. The molecular formula is C14H15FN2O3. The summed E-state index contributed by atoms with van der Waals surface area (Å²) in [6.45, 7) is 0.793. The average molecular weight is 278 g/mol. The van der Waals surface area contributed by atoms with Gasteiger partial charge in [0.2, 0.25) is 6.23 Å². The zero-order valence-electron chi connectivity index (χ0n) is 11.0. The van der Waals surface area contributed by atoms with Crippen LogP contribution >= 0.6 is 0 Å². The third kappa shape index (κ3) is 3.21. The molecule has 0 saturated heterocycles. The van der Waals surface area contributed by atoms with Gasteiger partial charge in [-0.05, 0) is 24.3 Å². The van der Waals surface area contributed by atoms with Crippen molar-refractivity contribution in [2.75, 3.05) is 20.3 Å². The number of allylic oxidation sites excluding steroid dienone is 2. The Balaban J connectivity index is 2.18. The largest absolute Gasteiger partial charge is 0.491 e. The number of hydrogen-bond acceptors (Lipinski definition) is 5. The average Bonchev–Trinajstić information content (AvgIpc) is 2.48. The lowest BCUT2D eigenvalue weighted by atomic mass is 10.0. The van der Waals surface area contributed by atoms with Crippen LogP contribution in [0.2, 0.25) is 0 Å². The quantitative estimate of drug-likeness (QED) is 0.642. The second kappa shape index (κ2) is 6.81. The van der Waals surface area contributed by atoms with E-state index in [9.17, 15) is 4.39 Å². The standard InChI is InChI=1S/C14H15FN2O3/c1-18-7-8-19-10-4-5-11(13(15)9-10)12-3-2-6-20-14(12)17-16/h2-6,9,14,16H,7-8H2,1H3. The molecule has 0 spiro atoms. The van der Waals surface area contributed by atoms with E-state index >= 15 is 0 Å². The van der Waals surface area contributed by atoms with Gasteiger partial charge in [0.25, 0.3) is 0 Å². The predicted molar refractivity (Wildman–Crippen MR) is 70.9 cm³/mol. The first-order chi connectivity index (χ1) is 9.76. The maximum absolute atomic E-state index is 14.1. The maximum Gasteiger partial charge on any atom is 0.233 e. The zero-order valence-corrected chi connectivity index (χ0v) is 11.0. The number of benzene rings is 1. The molecule has 2 rings (SSSR count). The first-order valence-electron chi connectivity index (χ1n) is 6.06. The normalized spacial score (nSPS) is 17.3. The van der Waals surface area contributed by atoms with E-state index in [0.29, 0.717) is 30.1 Å². The minimum atomic E-state index is -0.810. The molecule has 1 heterocycles. The van der Waals surface area contributed by atoms with Crippen molar-refractivity contribution in [3.05, 3.63) is 48.0 Å². The van der Waals surface area contributed by atoms with Crippen LogP contribution in [0.3, 0.4) is 0 Å². The van der Waals surface area contributed by atoms with Crippen LogP contribution in [-0.4, -0.2) is 26.6 Å². The topological polar surface area (TPSA) is 63.9 Å². The Morgan fingerprint density at radius 2 is 2.25 bits per heavy atom. The fraction of sp³-hybridized carbons (Fsp3) is 0.286. The molecule has 0 amide bonds. The van der Waals surface area contributed by atoms with Crippen LogP contribution in [0.15, 0.2) is 41.7 Å². The Hall–Kier alpha value is -2.21. The Morgan fingerprint density at radius 3 is 2.95 bits per heavy atom. The minimum Gasteiger partial charge on any atom is -0.491 e. The summed E-state index contributed by atoms with van der Waals surface area (Å²) < 4.78 is 29.4. The van der Waals surface area contributed by atoms with E-state index in [1.807, 2.05) is 0 Å². The number of nitrogens with one attached hydrogen (secondary N) is 1. The Kier molecular flexibility index (Phi) is 4.84. The van der Waals surface area contributed by atoms with Crippen LogP contribution in [-0.2, 0) is 9.47 Å². The van der Waals surface area contributed by atoms with Gasteiger partial charge in [0, 0.05) is 24.3 Å². The number of halogens is 1. The molecule has 1 atom stereocenters. The van der Waals surface area contributed by atoms with Crippen molar-refractivity contribution in [2.45, 2.75) is 6.23 Å². The molecule has 0 fully saturated rings. The third-order valence-corrected chi connectivity index (χ3v) is 2.75. The molecule has 1 aromatic rings. The fourth-order valence-electron chi connectivity index (χ4n) is 1.80. The van der Waals surface area contributed by atoms with E-state index < -0.39 is 12.0 Å². The van der Waals surface area contributed by atoms with Crippen LogP contribution < -0.4 is 4.74 Å². The lowest BCUT2D eigenvalue weighted by molar-refractivity contribution is 0.146. The highest BCUT2D eigenvalue weighted by Crippen LogP contribution is 2.29. The monoisotopic (exact) mass is 278 g/mol. The van der Waals surface area contributed by atoms with Gasteiger partial charge < -0.3 is 14.2 Å². The first kappa shape index (κ1) is 14.2. The first-order valence-corrected chi connectivity index (χ1v) is 6.06. The summed E-state index contributed by atoms with van der Waals surface area (Å²) in [7, 11) is 1.57. The second-order valence-electron chi connectivity index (χ2n) is 4.05. The van der Waals surface area contributed by atoms with Gasteiger partial charge >= 0.3 is 0 Å². The van der Waals surface area contributed by atoms with Gasteiger partial charge in [0.1, 0.15) is 18.2 Å². The summed E-state index contributed by atoms with van der Waals surface area (Å²) in [5.74, 6) is -0.0192. The highest BCUT2D eigenvalue weighted by molar-refractivity contribution is 5.71. The summed E-state index contributed by atoms with van der Waals surface area (Å²) in [6, 6.07) is 4.55. The molecular weight excluding hydrogens is 263 g/mol. The lowest BCUT2D eigenvalue weighted by Crippen LogP contribution is -2.12. The van der Waals surface area contributed by atoms with Crippen molar-refractivity contribution in [1.29, 1.82) is 5.53 Å². The van der Waals surface area contributed by atoms with Crippen molar-refractivity contribution < 1.29 is 18.6 Å². The molecule has 20 heavy (non-hydrogen) atoms. The highest BCUT2D eigenvalue weighted by atomic mass is 19.1. The highest BCUT2D eigenvalue weighted by Gasteiger charge is 2.20. The Labute approximate surface area is 116 Å². The van der Waals surface area contributed by atoms with Gasteiger partial charge in [0.05, 0.1) is 12.9 Å². The molecule has 1 N–H and O–H groups in total. The number of ether oxygens (including phenoxy) is 3. The van der Waals surface area contributed by atoms with Crippen LogP contribution in [0.1, 0.15) is 5.56 Å². The fourth-order valence-corrected chi connectivity index (χ4v) is 1.80. The summed E-state index contributed by atoms with van der Waals surface area (Å²) in [4.78, 5) is 0. The van der Waals surface area contributed by atoms with Gasteiger partial charge in [-0.3, -0.25) is 0 Å². The van der Waals surface area contributed by atoms with E-state index in [0.717, 1.165) is 0 Å². The molecule has 5 nitrogen and oxygen atoms in total. The van der Waals surface area contributed by atoms with Crippen LogP contribution in [0.4, 0.5) is 4.39 Å². The lowest BCUT2D eigenvalue weighted by Gasteiger charge is -2.18. The molecule has 6 heteroatoms. The van der Waals surface area contributed by atoms with Crippen molar-refractivity contribution in [1.82, 2.24) is 0 Å². The molecule has 1 aromatic carbocycles. The summed E-state index contributed by atoms with van der Waals surface area (Å²) in [5, 5.41) is 3.32. The summed E-state index contributed by atoms with van der Waals surface area (Å²) in [6.07, 6.45) is 3.93. The Morgan fingerprint density at radius 1 is 1.40 bits per heavy atom. The van der Waals surface area contributed by atoms with E-state index in [2.05, 4.69) is 5.11 Å². The van der Waals surface area contributed by atoms with E-state index in [4.69, 9.17) is 19.7 Å². The van der Waals surface area contributed by atoms with Gasteiger partial charge in [-0.1, -0.05) is 0 Å². The molecule has 0 aromatic heterocycles. The zero-order chi connectivity index (χ0) is 14.4. The van der Waals surface area contributed by atoms with E-state index in [-0.39, 0.29) is 0 Å². The van der Waals surface area contributed by atoms with E-state index in [1.54, 1.807) is 31.4 Å². The molecule has 1 unspecified atom stereocenters. The number of nitrogens with zero attached hydrogens (tertiary/aromatic N) is 1. The second-order valence-corrected chi connectivity index (χ2v) is 4.05. The number of hydrogen-bond donors (Lipinski definition) is 1. The van der Waals surface area contributed by atoms with Gasteiger partial charge in [-0.15, -0.1) is 5.11 Å². The van der Waals surface area contributed by atoms with Crippen LogP contribution in [0.25, 0.3) is 5.57 Å². The van der Waals surface area contributed by atoms with Crippen molar-refractivity contribution in [3.8, 4) is 5.75 Å². The van der Waals surface area contributed by atoms with Crippen molar-refractivity contribution in [3.63, 3.8) is 0 Å². The smallest absolute Gasteiger partial charge is 0.233 e. The molecule has 0 aliphatic carbocycles. The third-order valence-electron chi connectivity index (χ3n) is 2.75. The van der Waals surface area contributed by atoms with Crippen LogP contribution in [0.5, 0.6) is 5.75 Å². The molecule has 1 aliphatic heterocycles. The number of rotatable bonds is 6. The molecule has 0 saturated carbocycles. The van der Waals surface area contributed by atoms with Gasteiger partial charge in [0.15, 0.2) is 0 Å². The Bertz CT molecular complexity index is 543. The molecule has 0 radical (unpaired) electrons. The summed E-state index contributed by atoms with van der Waals surface area (Å²) >= 11 is 0. The van der Waals surface area contributed by atoms with Gasteiger partial charge in [-0.2, -0.15) is 0 Å². The maximum atomic E-state index is 14.1. The SMILES string of the molecule is COCCOc1ccc(C2=CC=COC2N=N)c(F)c1. The van der Waals surface area contributed by atoms with Crippen molar-refractivity contribution in [2.24, 2.45) is 5.11 Å². The molecule has 0 bridgehead atoms. The number of methoxy groups -OCH3 is 1. The van der Waals surface area contributed by atoms with Crippen molar-refractivity contribution >= 4 is 5.57 Å². The van der Waals surface area contributed by atoms with E-state index in [1.165, 1.54) is 12.3 Å². The molecule has 1 aliphatic rings. The van der Waals surface area contributed by atoms with Crippen LogP contribution in [0, 0.1) is 11.3 Å². The van der Waals surface area contributed by atoms with Gasteiger partial charge in [-0.25, -0.2) is 9.92 Å². The summed E-state index contributed by atoms with van der Waals surface area (Å²) in [5.41, 5.74) is 7.91. The predicted octanol–water partition coefficient (Wildman–Crippen LogP) is 3.14.